The third-order valence-electron chi connectivity index (χ3n) is 26.1. The summed E-state index contributed by atoms with van der Waals surface area (Å²) in [5, 5.41) is 15.4. The van der Waals surface area contributed by atoms with E-state index in [1.807, 2.05) is 169 Å². The molecule has 0 saturated heterocycles. The average molecular weight is 1760 g/mol. The van der Waals surface area contributed by atoms with E-state index in [4.69, 9.17) is 44.3 Å². The van der Waals surface area contributed by atoms with Gasteiger partial charge in [-0.1, -0.05) is 328 Å². The van der Waals surface area contributed by atoms with Crippen LogP contribution in [0.4, 0.5) is 0 Å². The van der Waals surface area contributed by atoms with Gasteiger partial charge in [0, 0.05) is 113 Å². The van der Waals surface area contributed by atoms with Gasteiger partial charge >= 0.3 is 0 Å². The summed E-state index contributed by atoms with van der Waals surface area (Å²) in [4.78, 5) is 40.2. The van der Waals surface area contributed by atoms with E-state index >= 15 is 0 Å². The van der Waals surface area contributed by atoms with Crippen molar-refractivity contribution in [2.45, 2.75) is 0 Å². The minimum Gasteiger partial charge on any atom is -0.456 e. The third-order valence-corrected chi connectivity index (χ3v) is 27.2. The number of fused-ring (bicyclic) bond motifs is 19. The molecule has 0 unspecified atom stereocenters. The summed E-state index contributed by atoms with van der Waals surface area (Å²) in [6.45, 7) is 0. The first-order valence-corrected chi connectivity index (χ1v) is 46.3. The van der Waals surface area contributed by atoms with Gasteiger partial charge in [-0.25, -0.2) is 19.9 Å². The fraction of sp³-hybridized carbons (Fsp3) is 0. The van der Waals surface area contributed by atoms with Crippen LogP contribution < -0.4 is 0 Å². The van der Waals surface area contributed by atoms with E-state index in [1.54, 1.807) is 0 Å². The molecule has 636 valence electrons. The van der Waals surface area contributed by atoms with E-state index in [2.05, 4.69) is 322 Å². The topological polar surface area (TPSA) is 136 Å². The lowest BCUT2D eigenvalue weighted by Gasteiger charge is -2.13. The smallest absolute Gasteiger partial charge is 0.238 e. The number of nitrogens with zero attached hydrogens (tertiary/aromatic N) is 12. The molecule has 0 aliphatic heterocycles. The number of hydrogen-bond acceptors (Lipinski definition) is 10. The fourth-order valence-corrected chi connectivity index (χ4v) is 20.8. The first-order valence-electron chi connectivity index (χ1n) is 45.5. The highest BCUT2D eigenvalue weighted by molar-refractivity contribution is 7.25. The van der Waals surface area contributed by atoms with Gasteiger partial charge < -0.3 is 8.98 Å². The van der Waals surface area contributed by atoms with Gasteiger partial charge in [-0.3, -0.25) is 13.7 Å². The van der Waals surface area contributed by atoms with E-state index in [-0.39, 0.29) is 0 Å². The molecular weight excluding hydrogens is 1680 g/mol. The summed E-state index contributed by atoms with van der Waals surface area (Å²) in [6, 6.07) is 161. The Morgan fingerprint density at radius 1 is 0.169 bits per heavy atom. The Balaban J connectivity index is 0.000000106. The number of rotatable bonds is 12. The number of thiophene rings is 1. The van der Waals surface area contributed by atoms with Crippen molar-refractivity contribution < 1.29 is 4.42 Å². The van der Waals surface area contributed by atoms with Crippen LogP contribution in [0.5, 0.6) is 0 Å². The maximum absolute atomic E-state index is 6.08. The van der Waals surface area contributed by atoms with Gasteiger partial charge in [-0.2, -0.15) is 19.9 Å². The number of benzene rings is 19. The summed E-state index contributed by atoms with van der Waals surface area (Å²) in [5.41, 5.74) is 24.6. The largest absolute Gasteiger partial charge is 0.456 e. The SMILES string of the molecule is c1ccc(-c2nc(-c3ccccc3)nc(-n3c4ccccc4c4cc(-c5ccc6oc7ccccc7c6c5)ccc43)n2)cc1.c1ccc(-c2nc(-c3ccccc3)nc(-n3c4ccccc4c4cc(-c5ccc6sc7ccccc7c6c5)ccc43)n2)cc1.c1ccc(-c2nc(-n3c4ccccc4c4cc(-c5ccc6c(c5)c5ccccc5n6-c5ccccc5)ccc43)c3ccccc3n2)cc1. The highest BCUT2D eigenvalue weighted by Gasteiger charge is 2.25. The summed E-state index contributed by atoms with van der Waals surface area (Å²) in [5.74, 6) is 5.35. The van der Waals surface area contributed by atoms with Gasteiger partial charge in [-0.05, 0) is 167 Å². The monoisotopic (exact) mass is 1760 g/mol. The third kappa shape index (κ3) is 13.8. The van der Waals surface area contributed by atoms with Crippen molar-refractivity contribution in [3.8, 4) is 114 Å². The van der Waals surface area contributed by atoms with Gasteiger partial charge in [-0.15, -0.1) is 11.3 Å². The minimum atomic E-state index is 0.586. The normalized spacial score (nSPS) is 11.7. The Hall–Kier alpha value is -18.2. The molecule has 0 amide bonds. The first kappa shape index (κ1) is 78.8. The van der Waals surface area contributed by atoms with E-state index in [0.29, 0.717) is 35.2 Å². The molecular formula is C122H76N12OS. The van der Waals surface area contributed by atoms with Crippen molar-refractivity contribution >= 4 is 152 Å². The van der Waals surface area contributed by atoms with Crippen LogP contribution in [0.25, 0.3) is 254 Å². The zero-order valence-electron chi connectivity index (χ0n) is 73.1. The summed E-state index contributed by atoms with van der Waals surface area (Å²) in [6.07, 6.45) is 0. The fourth-order valence-electron chi connectivity index (χ4n) is 19.7. The molecule has 0 aliphatic rings. The molecule has 0 spiro atoms. The molecule has 0 radical (unpaired) electrons. The van der Waals surface area contributed by atoms with Crippen molar-refractivity contribution in [2.75, 3.05) is 0 Å². The van der Waals surface area contributed by atoms with Gasteiger partial charge in [0.15, 0.2) is 29.1 Å². The average Bonchev–Trinajstić information content (AvgIpc) is 1.58. The lowest BCUT2D eigenvalue weighted by Crippen LogP contribution is -2.06. The second-order valence-corrected chi connectivity index (χ2v) is 35.2. The number of hydrogen-bond donors (Lipinski definition) is 0. The van der Waals surface area contributed by atoms with Gasteiger partial charge in [0.25, 0.3) is 0 Å². The Kier molecular flexibility index (Phi) is 19.1. The molecule has 0 aliphatic carbocycles. The van der Waals surface area contributed by atoms with Crippen LogP contribution in [-0.4, -0.2) is 58.1 Å². The van der Waals surface area contributed by atoms with Crippen molar-refractivity contribution in [1.82, 2.24) is 58.1 Å². The van der Waals surface area contributed by atoms with Crippen molar-refractivity contribution in [3.05, 3.63) is 461 Å². The van der Waals surface area contributed by atoms with Crippen LogP contribution in [0.2, 0.25) is 0 Å². The van der Waals surface area contributed by atoms with Crippen LogP contribution in [0.1, 0.15) is 0 Å². The van der Waals surface area contributed by atoms with E-state index in [9.17, 15) is 0 Å². The molecule has 0 atom stereocenters. The summed E-state index contributed by atoms with van der Waals surface area (Å²) >= 11 is 1.85. The molecule has 0 saturated carbocycles. The van der Waals surface area contributed by atoms with Crippen molar-refractivity contribution in [1.29, 1.82) is 0 Å². The van der Waals surface area contributed by atoms with Gasteiger partial charge in [0.2, 0.25) is 11.9 Å². The van der Waals surface area contributed by atoms with Crippen LogP contribution in [0, 0.1) is 0 Å². The Morgan fingerprint density at radius 3 is 0.912 bits per heavy atom. The van der Waals surface area contributed by atoms with E-state index < -0.39 is 0 Å². The highest BCUT2D eigenvalue weighted by Crippen LogP contribution is 2.45. The molecule has 0 bridgehead atoms. The van der Waals surface area contributed by atoms with Crippen LogP contribution in [0.15, 0.2) is 465 Å². The van der Waals surface area contributed by atoms with Gasteiger partial charge in [0.05, 0.1) is 49.7 Å². The number of aromatic nitrogens is 12. The summed E-state index contributed by atoms with van der Waals surface area (Å²) < 4.78 is 17.7. The predicted molar refractivity (Wildman–Crippen MR) is 560 cm³/mol. The molecule has 28 aromatic rings. The quantitative estimate of drug-likeness (QED) is 0.117. The molecule has 9 heterocycles. The molecule has 14 heteroatoms. The zero-order chi connectivity index (χ0) is 89.7. The maximum atomic E-state index is 6.08. The van der Waals surface area contributed by atoms with Crippen molar-refractivity contribution in [3.63, 3.8) is 0 Å². The first-order chi connectivity index (χ1) is 67.4. The molecule has 19 aromatic carbocycles. The molecule has 13 nitrogen and oxygen atoms in total. The zero-order valence-corrected chi connectivity index (χ0v) is 73.9. The van der Waals surface area contributed by atoms with Crippen LogP contribution in [0.3, 0.4) is 0 Å². The molecule has 0 N–H and O–H groups in total. The minimum absolute atomic E-state index is 0.586. The Labute approximate surface area is 783 Å². The van der Waals surface area contributed by atoms with E-state index in [1.165, 1.54) is 80.7 Å². The second-order valence-electron chi connectivity index (χ2n) is 34.1. The molecule has 28 rings (SSSR count). The molecule has 9 aromatic heterocycles. The Morgan fingerprint density at radius 2 is 0.463 bits per heavy atom. The van der Waals surface area contributed by atoms with Gasteiger partial charge in [0.1, 0.15) is 17.0 Å². The maximum Gasteiger partial charge on any atom is 0.238 e. The lowest BCUT2D eigenvalue weighted by atomic mass is 10.0. The second kappa shape index (κ2) is 33.0. The molecule has 136 heavy (non-hydrogen) atoms. The van der Waals surface area contributed by atoms with E-state index in [0.717, 1.165) is 138 Å². The summed E-state index contributed by atoms with van der Waals surface area (Å²) in [7, 11) is 0. The lowest BCUT2D eigenvalue weighted by molar-refractivity contribution is 0.669. The van der Waals surface area contributed by atoms with Crippen LogP contribution in [-0.2, 0) is 0 Å². The Bertz CT molecular complexity index is 9090. The standard InChI is InChI=1S/C44H28N4.C39H24N4O.C39H24N4S/c1-3-13-29(14-4-1)43-45-38-20-10-7-19-35(38)44(46-43)48-40-22-12-9-18-34(40)37-28-31(24-26-42(37)48)30-23-25-41-36(27-30)33-17-8-11-21-39(33)47(41)32-15-5-2-6-16-32;2*1-3-11-25(12-4-1)37-40-38(26-13-5-2-6-14-26)42-39(41-37)43-33-17-9-7-15-29(33)31-23-27(19-21-34(31)43)28-20-22-36-32(24-28)30-16-8-10-18-35(30)44-36/h1-28H;2*1-24H. The highest BCUT2D eigenvalue weighted by atomic mass is 32.1. The van der Waals surface area contributed by atoms with Crippen LogP contribution >= 0.6 is 11.3 Å². The number of para-hydroxylation sites is 7. The number of furan rings is 1. The molecule has 0 fully saturated rings. The van der Waals surface area contributed by atoms with Crippen molar-refractivity contribution in [2.24, 2.45) is 0 Å². The predicted octanol–water partition coefficient (Wildman–Crippen LogP) is 31.4.